The Morgan fingerprint density at radius 2 is 1.88 bits per heavy atom. The molecular weight excluding hydrogens is 386 g/mol. The minimum atomic E-state index is -0.803. The monoisotopic (exact) mass is 403 g/mol. The lowest BCUT2D eigenvalue weighted by atomic mass is 9.83. The van der Waals surface area contributed by atoms with Gasteiger partial charge in [0.1, 0.15) is 5.54 Å². The zero-order chi connectivity index (χ0) is 18.0. The van der Waals surface area contributed by atoms with Gasteiger partial charge < -0.3 is 5.32 Å². The van der Waals surface area contributed by atoms with Crippen molar-refractivity contribution in [3.05, 3.63) is 33.8 Å². The van der Waals surface area contributed by atoms with Crippen LogP contribution in [0.2, 0.25) is 0 Å². The third kappa shape index (κ3) is 3.45. The highest BCUT2D eigenvalue weighted by molar-refractivity contribution is 9.10. The van der Waals surface area contributed by atoms with Crippen LogP contribution in [0.4, 0.5) is 0 Å². The van der Waals surface area contributed by atoms with Crippen LogP contribution in [0.3, 0.4) is 0 Å². The summed E-state index contributed by atoms with van der Waals surface area (Å²) >= 11 is 3.29. The summed E-state index contributed by atoms with van der Waals surface area (Å²) in [6.07, 6.45) is 4.20. The maximum absolute atomic E-state index is 12.4. The summed E-state index contributed by atoms with van der Waals surface area (Å²) in [5, 5.41) is 12.2. The standard InChI is InChI=1S/C18H18BrN3O3/c19-12-4-5-13-14(10-12)17(25)22(16(13)24)9-6-15(23)21-18(11-20)7-2-1-3-8-18/h4-5,10H,1-3,6-9H2,(H,21,23). The summed E-state index contributed by atoms with van der Waals surface area (Å²) in [5.74, 6) is -1.07. The normalized spacial score (nSPS) is 18.6. The first kappa shape index (κ1) is 17.6. The number of nitrogens with one attached hydrogen (secondary N) is 1. The maximum atomic E-state index is 12.4. The Morgan fingerprint density at radius 3 is 2.56 bits per heavy atom. The van der Waals surface area contributed by atoms with Gasteiger partial charge in [-0.15, -0.1) is 0 Å². The molecule has 1 heterocycles. The van der Waals surface area contributed by atoms with Gasteiger partial charge in [0.2, 0.25) is 5.91 Å². The first-order chi connectivity index (χ1) is 12.0. The Labute approximate surface area is 154 Å². The fraction of sp³-hybridized carbons (Fsp3) is 0.444. The molecule has 0 unspecified atom stereocenters. The summed E-state index contributed by atoms with van der Waals surface area (Å²) in [7, 11) is 0. The second kappa shape index (κ2) is 6.96. The highest BCUT2D eigenvalue weighted by Crippen LogP contribution is 2.28. The number of nitriles is 1. The Morgan fingerprint density at radius 1 is 1.20 bits per heavy atom. The molecule has 1 fully saturated rings. The van der Waals surface area contributed by atoms with Gasteiger partial charge in [0.15, 0.2) is 0 Å². The Bertz CT molecular complexity index is 778. The predicted octanol–water partition coefficient (Wildman–Crippen LogP) is 2.78. The molecule has 3 amide bonds. The third-order valence-electron chi connectivity index (χ3n) is 4.80. The van der Waals surface area contributed by atoms with E-state index in [2.05, 4.69) is 27.3 Å². The largest absolute Gasteiger partial charge is 0.338 e. The number of hydrogen-bond acceptors (Lipinski definition) is 4. The summed E-state index contributed by atoms with van der Waals surface area (Å²) in [4.78, 5) is 38.1. The molecule has 25 heavy (non-hydrogen) atoms. The summed E-state index contributed by atoms with van der Waals surface area (Å²) < 4.78 is 0.722. The third-order valence-corrected chi connectivity index (χ3v) is 5.29. The van der Waals surface area contributed by atoms with Crippen LogP contribution in [-0.2, 0) is 4.79 Å². The van der Waals surface area contributed by atoms with Gasteiger partial charge in [-0.1, -0.05) is 35.2 Å². The van der Waals surface area contributed by atoms with Crippen LogP contribution < -0.4 is 5.32 Å². The van der Waals surface area contributed by atoms with Crippen LogP contribution in [-0.4, -0.2) is 34.7 Å². The zero-order valence-corrected chi connectivity index (χ0v) is 15.3. The lowest BCUT2D eigenvalue weighted by Crippen LogP contribution is -2.49. The number of halogens is 1. The van der Waals surface area contributed by atoms with E-state index in [0.29, 0.717) is 24.0 Å². The molecule has 7 heteroatoms. The number of nitrogens with zero attached hydrogens (tertiary/aromatic N) is 2. The van der Waals surface area contributed by atoms with Crippen molar-refractivity contribution < 1.29 is 14.4 Å². The molecule has 0 saturated heterocycles. The SMILES string of the molecule is N#CC1(NC(=O)CCN2C(=O)c3ccc(Br)cc3C2=O)CCCCC1. The number of carbonyl (C=O) groups is 3. The Hall–Kier alpha value is -2.20. The van der Waals surface area contributed by atoms with Gasteiger partial charge in [0.05, 0.1) is 17.2 Å². The fourth-order valence-electron chi connectivity index (χ4n) is 3.43. The van der Waals surface area contributed by atoms with Gasteiger partial charge in [0, 0.05) is 17.4 Å². The minimum absolute atomic E-state index is 0.00390. The van der Waals surface area contributed by atoms with E-state index in [9.17, 15) is 19.6 Å². The van der Waals surface area contributed by atoms with Crippen molar-refractivity contribution in [2.24, 2.45) is 0 Å². The van der Waals surface area contributed by atoms with Crippen LogP contribution in [0, 0.1) is 11.3 Å². The molecule has 1 N–H and O–H groups in total. The summed E-state index contributed by atoms with van der Waals surface area (Å²) in [6.45, 7) is 0.0112. The maximum Gasteiger partial charge on any atom is 0.261 e. The molecule has 0 spiro atoms. The van der Waals surface area contributed by atoms with Gasteiger partial charge in [-0.05, 0) is 31.0 Å². The van der Waals surface area contributed by atoms with Crippen LogP contribution in [0.25, 0.3) is 0 Å². The minimum Gasteiger partial charge on any atom is -0.338 e. The molecule has 3 rings (SSSR count). The van der Waals surface area contributed by atoms with Crippen molar-refractivity contribution in [3.63, 3.8) is 0 Å². The molecule has 1 saturated carbocycles. The molecular formula is C18H18BrN3O3. The highest BCUT2D eigenvalue weighted by atomic mass is 79.9. The van der Waals surface area contributed by atoms with Gasteiger partial charge in [-0.2, -0.15) is 5.26 Å². The molecule has 1 aromatic carbocycles. The van der Waals surface area contributed by atoms with Gasteiger partial charge in [-0.25, -0.2) is 0 Å². The number of hydrogen-bond donors (Lipinski definition) is 1. The van der Waals surface area contributed by atoms with E-state index in [1.807, 2.05) is 0 Å². The fourth-order valence-corrected chi connectivity index (χ4v) is 3.79. The second-order valence-corrected chi connectivity index (χ2v) is 7.42. The van der Waals surface area contributed by atoms with E-state index >= 15 is 0 Å². The molecule has 0 aromatic heterocycles. The molecule has 1 aliphatic carbocycles. The summed E-state index contributed by atoms with van der Waals surface area (Å²) in [6, 6.07) is 7.15. The molecule has 2 aliphatic rings. The Kier molecular flexibility index (Phi) is 4.91. The number of imide groups is 1. The van der Waals surface area contributed by atoms with Gasteiger partial charge >= 0.3 is 0 Å². The number of benzene rings is 1. The molecule has 0 radical (unpaired) electrons. The van der Waals surface area contributed by atoms with Crippen LogP contribution >= 0.6 is 15.9 Å². The van der Waals surface area contributed by atoms with E-state index in [1.54, 1.807) is 18.2 Å². The average molecular weight is 404 g/mol. The lowest BCUT2D eigenvalue weighted by molar-refractivity contribution is -0.122. The number of amides is 3. The molecule has 130 valence electrons. The number of fused-ring (bicyclic) bond motifs is 1. The van der Waals surface area contributed by atoms with E-state index < -0.39 is 5.54 Å². The molecule has 0 atom stereocenters. The van der Waals surface area contributed by atoms with Crippen molar-refractivity contribution in [3.8, 4) is 6.07 Å². The van der Waals surface area contributed by atoms with E-state index in [-0.39, 0.29) is 30.7 Å². The van der Waals surface area contributed by atoms with Crippen molar-refractivity contribution in [1.82, 2.24) is 10.2 Å². The number of rotatable bonds is 4. The van der Waals surface area contributed by atoms with E-state index in [1.165, 1.54) is 0 Å². The first-order valence-electron chi connectivity index (χ1n) is 8.34. The average Bonchev–Trinajstić information content (AvgIpc) is 2.84. The van der Waals surface area contributed by atoms with Crippen molar-refractivity contribution >= 4 is 33.7 Å². The second-order valence-electron chi connectivity index (χ2n) is 6.50. The van der Waals surface area contributed by atoms with Crippen LogP contribution in [0.1, 0.15) is 59.2 Å². The van der Waals surface area contributed by atoms with Crippen molar-refractivity contribution in [1.29, 1.82) is 5.26 Å². The van der Waals surface area contributed by atoms with E-state index in [4.69, 9.17) is 0 Å². The predicted molar refractivity (Wildman–Crippen MR) is 93.7 cm³/mol. The topological polar surface area (TPSA) is 90.3 Å². The van der Waals surface area contributed by atoms with Crippen molar-refractivity contribution in [2.45, 2.75) is 44.1 Å². The highest BCUT2D eigenvalue weighted by Gasteiger charge is 2.37. The summed E-state index contributed by atoms with van der Waals surface area (Å²) in [5.41, 5.74) is -0.0997. The lowest BCUT2D eigenvalue weighted by Gasteiger charge is -2.31. The smallest absolute Gasteiger partial charge is 0.261 e. The quantitative estimate of drug-likeness (QED) is 0.782. The van der Waals surface area contributed by atoms with Crippen molar-refractivity contribution in [2.75, 3.05) is 6.54 Å². The Balaban J connectivity index is 1.62. The molecule has 6 nitrogen and oxygen atoms in total. The number of carbonyl (C=O) groups excluding carboxylic acids is 3. The molecule has 0 bridgehead atoms. The van der Waals surface area contributed by atoms with Gasteiger partial charge in [0.25, 0.3) is 11.8 Å². The zero-order valence-electron chi connectivity index (χ0n) is 13.7. The van der Waals surface area contributed by atoms with Gasteiger partial charge in [-0.3, -0.25) is 19.3 Å². The molecule has 1 aliphatic heterocycles. The van der Waals surface area contributed by atoms with E-state index in [0.717, 1.165) is 28.6 Å². The molecule has 1 aromatic rings. The first-order valence-corrected chi connectivity index (χ1v) is 9.13. The van der Waals surface area contributed by atoms with Crippen LogP contribution in [0.5, 0.6) is 0 Å². The van der Waals surface area contributed by atoms with Crippen LogP contribution in [0.15, 0.2) is 22.7 Å².